The molecule has 3 heterocycles. The Labute approximate surface area is 149 Å². The van der Waals surface area contributed by atoms with Crippen molar-refractivity contribution in [3.05, 3.63) is 75.9 Å². The molecule has 1 amide bonds. The Morgan fingerprint density at radius 2 is 1.88 bits per heavy atom. The summed E-state index contributed by atoms with van der Waals surface area (Å²) in [5.74, 6) is 0.217. The van der Waals surface area contributed by atoms with Crippen LogP contribution in [-0.4, -0.2) is 17.4 Å². The first kappa shape index (κ1) is 15.4. The number of fused-ring (bicyclic) bond motifs is 1. The number of pyridine rings is 1. The molecule has 0 fully saturated rings. The number of carbonyl (C=O) groups is 1. The van der Waals surface area contributed by atoms with E-state index in [1.165, 1.54) is 5.56 Å². The molecule has 5 heteroatoms. The van der Waals surface area contributed by atoms with Crippen molar-refractivity contribution in [2.75, 3.05) is 6.54 Å². The number of hydrogen-bond acceptors (Lipinski definition) is 3. The van der Waals surface area contributed by atoms with Crippen LogP contribution in [0.4, 0.5) is 0 Å². The molecular formula is C19H15ClN2OS. The number of carbonyl (C=O) groups excluding carboxylic acids is 1. The van der Waals surface area contributed by atoms with Crippen LogP contribution in [0, 0.1) is 0 Å². The molecule has 1 aliphatic heterocycles. The fourth-order valence-electron chi connectivity index (χ4n) is 3.11. The van der Waals surface area contributed by atoms with Crippen LogP contribution in [-0.2, 0) is 0 Å². The van der Waals surface area contributed by atoms with E-state index in [2.05, 4.69) is 28.5 Å². The van der Waals surface area contributed by atoms with E-state index in [4.69, 9.17) is 11.6 Å². The van der Waals surface area contributed by atoms with Crippen molar-refractivity contribution in [1.29, 1.82) is 0 Å². The van der Waals surface area contributed by atoms with Gasteiger partial charge in [-0.3, -0.25) is 9.78 Å². The van der Waals surface area contributed by atoms with E-state index in [-0.39, 0.29) is 11.8 Å². The molecular weight excluding hydrogens is 340 g/mol. The van der Waals surface area contributed by atoms with E-state index >= 15 is 0 Å². The van der Waals surface area contributed by atoms with Gasteiger partial charge in [-0.1, -0.05) is 23.7 Å². The molecule has 24 heavy (non-hydrogen) atoms. The molecule has 0 bridgehead atoms. The Bertz CT molecular complexity index is 874. The minimum Gasteiger partial charge on any atom is -0.351 e. The number of hydrogen-bond donors (Lipinski definition) is 1. The van der Waals surface area contributed by atoms with Crippen LogP contribution in [0.3, 0.4) is 0 Å². The normalized spacial score (nSPS) is 17.0. The second-order valence-electron chi connectivity index (χ2n) is 5.78. The molecule has 3 aromatic rings. The predicted molar refractivity (Wildman–Crippen MR) is 97.8 cm³/mol. The average molecular weight is 355 g/mol. The van der Waals surface area contributed by atoms with Crippen molar-refractivity contribution in [2.45, 2.75) is 12.3 Å². The zero-order valence-electron chi connectivity index (χ0n) is 12.8. The van der Waals surface area contributed by atoms with Crippen molar-refractivity contribution in [2.24, 2.45) is 0 Å². The summed E-state index contributed by atoms with van der Waals surface area (Å²) in [5.41, 5.74) is 3.38. The minimum absolute atomic E-state index is 0.0202. The zero-order valence-corrected chi connectivity index (χ0v) is 14.4. The fourth-order valence-corrected chi connectivity index (χ4v) is 4.38. The maximum Gasteiger partial charge on any atom is 0.261 e. The molecule has 0 saturated carbocycles. The summed E-state index contributed by atoms with van der Waals surface area (Å²) in [6, 6.07) is 14.0. The number of nitrogens with one attached hydrogen (secondary N) is 1. The Morgan fingerprint density at radius 3 is 2.62 bits per heavy atom. The van der Waals surface area contributed by atoms with E-state index in [0.29, 0.717) is 6.54 Å². The van der Waals surface area contributed by atoms with Gasteiger partial charge in [-0.2, -0.15) is 0 Å². The molecule has 1 aliphatic rings. The third-order valence-electron chi connectivity index (χ3n) is 4.30. The van der Waals surface area contributed by atoms with Crippen LogP contribution in [0.2, 0.25) is 5.02 Å². The lowest BCUT2D eigenvalue weighted by atomic mass is 9.89. The summed E-state index contributed by atoms with van der Waals surface area (Å²) in [7, 11) is 0. The molecule has 1 atom stereocenters. The molecule has 3 nitrogen and oxygen atoms in total. The highest BCUT2D eigenvalue weighted by Crippen LogP contribution is 2.40. The molecule has 1 aromatic carbocycles. The van der Waals surface area contributed by atoms with Gasteiger partial charge in [-0.05, 0) is 53.4 Å². The van der Waals surface area contributed by atoms with Crippen LogP contribution in [0.1, 0.15) is 33.1 Å². The summed E-state index contributed by atoms with van der Waals surface area (Å²) in [6.07, 6.45) is 4.43. The third-order valence-corrected chi connectivity index (χ3v) is 5.75. The number of nitrogens with zero attached hydrogens (tertiary/aromatic N) is 1. The quantitative estimate of drug-likeness (QED) is 0.723. The summed E-state index contributed by atoms with van der Waals surface area (Å²) in [6.45, 7) is 0.679. The minimum atomic E-state index is 0.0202. The van der Waals surface area contributed by atoms with E-state index in [1.54, 1.807) is 23.7 Å². The monoisotopic (exact) mass is 354 g/mol. The van der Waals surface area contributed by atoms with Gasteiger partial charge in [-0.15, -0.1) is 11.3 Å². The molecule has 0 aliphatic carbocycles. The number of thiophene rings is 1. The van der Waals surface area contributed by atoms with E-state index in [1.807, 2.05) is 24.3 Å². The fraction of sp³-hybridized carbons (Fsp3) is 0.158. The second-order valence-corrected chi connectivity index (χ2v) is 7.27. The van der Waals surface area contributed by atoms with Crippen molar-refractivity contribution in [3.8, 4) is 10.4 Å². The van der Waals surface area contributed by atoms with Gasteiger partial charge in [0.1, 0.15) is 0 Å². The van der Waals surface area contributed by atoms with Gasteiger partial charge in [-0.25, -0.2) is 0 Å². The Hall–Kier alpha value is -2.17. The lowest BCUT2D eigenvalue weighted by Gasteiger charge is -2.15. The third kappa shape index (κ3) is 2.83. The van der Waals surface area contributed by atoms with E-state index in [9.17, 15) is 4.79 Å². The van der Waals surface area contributed by atoms with Gasteiger partial charge in [0.25, 0.3) is 5.91 Å². The van der Waals surface area contributed by atoms with Crippen LogP contribution < -0.4 is 5.32 Å². The van der Waals surface area contributed by atoms with Crippen LogP contribution in [0.25, 0.3) is 10.4 Å². The van der Waals surface area contributed by atoms with E-state index in [0.717, 1.165) is 32.3 Å². The second kappa shape index (κ2) is 6.38. The molecule has 0 spiro atoms. The lowest BCUT2D eigenvalue weighted by molar-refractivity contribution is 0.0960. The topological polar surface area (TPSA) is 42.0 Å². The summed E-state index contributed by atoms with van der Waals surface area (Å²) in [4.78, 5) is 18.4. The number of aromatic nitrogens is 1. The highest BCUT2D eigenvalue weighted by atomic mass is 35.5. The van der Waals surface area contributed by atoms with Gasteiger partial charge >= 0.3 is 0 Å². The SMILES string of the molecule is O=C1NCCC(c2ccc(Cl)cc2)c2cc(-c3ccncc3)sc21. The average Bonchev–Trinajstić information content (AvgIpc) is 2.99. The number of rotatable bonds is 2. The summed E-state index contributed by atoms with van der Waals surface area (Å²) >= 11 is 7.57. The smallest absolute Gasteiger partial charge is 0.261 e. The molecule has 1 unspecified atom stereocenters. The van der Waals surface area contributed by atoms with Crippen molar-refractivity contribution < 1.29 is 4.79 Å². The highest BCUT2D eigenvalue weighted by Gasteiger charge is 2.27. The Kier molecular flexibility index (Phi) is 4.08. The van der Waals surface area contributed by atoms with Gasteiger partial charge in [0.15, 0.2) is 0 Å². The molecule has 0 saturated heterocycles. The van der Waals surface area contributed by atoms with Gasteiger partial charge in [0.2, 0.25) is 0 Å². The maximum atomic E-state index is 12.4. The number of benzene rings is 1. The Balaban J connectivity index is 1.82. The number of amides is 1. The first-order valence-corrected chi connectivity index (χ1v) is 8.99. The van der Waals surface area contributed by atoms with Crippen LogP contribution in [0.5, 0.6) is 0 Å². The molecule has 2 aromatic heterocycles. The van der Waals surface area contributed by atoms with Crippen molar-refractivity contribution in [1.82, 2.24) is 10.3 Å². The first-order chi connectivity index (χ1) is 11.7. The summed E-state index contributed by atoms with van der Waals surface area (Å²) < 4.78 is 0. The van der Waals surface area contributed by atoms with Gasteiger partial charge in [0.05, 0.1) is 4.88 Å². The van der Waals surface area contributed by atoms with Crippen LogP contribution >= 0.6 is 22.9 Å². The summed E-state index contributed by atoms with van der Waals surface area (Å²) in [5, 5.41) is 3.74. The standard InChI is InChI=1S/C19H15ClN2OS/c20-14-3-1-12(2-4-14)15-7-10-22-19(23)18-16(15)11-17(24-18)13-5-8-21-9-6-13/h1-6,8-9,11,15H,7,10H2,(H,22,23). The van der Waals surface area contributed by atoms with Crippen molar-refractivity contribution in [3.63, 3.8) is 0 Å². The molecule has 4 rings (SSSR count). The molecule has 120 valence electrons. The lowest BCUT2D eigenvalue weighted by Crippen LogP contribution is -2.21. The highest BCUT2D eigenvalue weighted by molar-refractivity contribution is 7.17. The van der Waals surface area contributed by atoms with Crippen LogP contribution in [0.15, 0.2) is 54.9 Å². The van der Waals surface area contributed by atoms with E-state index < -0.39 is 0 Å². The van der Waals surface area contributed by atoms with Gasteiger partial charge < -0.3 is 5.32 Å². The largest absolute Gasteiger partial charge is 0.351 e. The molecule has 0 radical (unpaired) electrons. The number of halogens is 1. The van der Waals surface area contributed by atoms with Gasteiger partial charge in [0, 0.05) is 34.8 Å². The Morgan fingerprint density at radius 1 is 1.12 bits per heavy atom. The molecule has 1 N–H and O–H groups in total. The predicted octanol–water partition coefficient (Wildman–Crippen LogP) is 4.73. The first-order valence-electron chi connectivity index (χ1n) is 7.80. The zero-order chi connectivity index (χ0) is 16.5. The van der Waals surface area contributed by atoms with Crippen molar-refractivity contribution >= 4 is 28.8 Å². The maximum absolute atomic E-state index is 12.4.